The molecule has 0 aliphatic rings. The van der Waals surface area contributed by atoms with Crippen molar-refractivity contribution >= 4 is 37.9 Å². The Hall–Kier alpha value is -1.42. The molecule has 0 fully saturated rings. The van der Waals surface area contributed by atoms with E-state index in [1.165, 1.54) is 10.9 Å². The topological polar surface area (TPSA) is 30.7 Å². The number of hydrogen-bond acceptors (Lipinski definition) is 2. The summed E-state index contributed by atoms with van der Waals surface area (Å²) >= 11 is 3.41. The fraction of sp³-hybridized carbons (Fsp3) is 0.167. The molecule has 3 aromatic heterocycles. The van der Waals surface area contributed by atoms with Gasteiger partial charge in [-0.1, -0.05) is 0 Å². The van der Waals surface area contributed by atoms with Gasteiger partial charge in [-0.3, -0.25) is 4.98 Å². The van der Waals surface area contributed by atoms with E-state index in [4.69, 9.17) is 0 Å². The molecular formula is C12H10BrN3. The monoisotopic (exact) mass is 275 g/mol. The molecule has 0 aliphatic heterocycles. The highest BCUT2D eigenvalue weighted by molar-refractivity contribution is 9.10. The third kappa shape index (κ3) is 1.26. The second kappa shape index (κ2) is 3.56. The highest BCUT2D eigenvalue weighted by Crippen LogP contribution is 2.27. The molecule has 3 nitrogen and oxygen atoms in total. The van der Waals surface area contributed by atoms with Crippen molar-refractivity contribution in [3.05, 3.63) is 35.2 Å². The predicted molar refractivity (Wildman–Crippen MR) is 68.4 cm³/mol. The Morgan fingerprint density at radius 1 is 1.25 bits per heavy atom. The Balaban J connectivity index is 2.58. The van der Waals surface area contributed by atoms with Crippen LogP contribution < -0.4 is 0 Å². The van der Waals surface area contributed by atoms with Gasteiger partial charge in [0, 0.05) is 29.7 Å². The van der Waals surface area contributed by atoms with E-state index in [0.29, 0.717) is 0 Å². The normalized spacial score (nSPS) is 11.4. The van der Waals surface area contributed by atoms with Crippen molar-refractivity contribution in [2.75, 3.05) is 0 Å². The lowest BCUT2D eigenvalue weighted by molar-refractivity contribution is 0.815. The summed E-state index contributed by atoms with van der Waals surface area (Å²) in [6.07, 6.45) is 3.72. The fourth-order valence-electron chi connectivity index (χ4n) is 2.11. The minimum absolute atomic E-state index is 0.866. The van der Waals surface area contributed by atoms with E-state index in [9.17, 15) is 0 Å². The summed E-state index contributed by atoms with van der Waals surface area (Å²) in [6.45, 7) is 3.04. The molecule has 3 rings (SSSR count). The number of nitrogens with zero attached hydrogens (tertiary/aromatic N) is 3. The van der Waals surface area contributed by atoms with Gasteiger partial charge in [0.05, 0.1) is 5.52 Å². The van der Waals surface area contributed by atoms with Crippen molar-refractivity contribution in [2.24, 2.45) is 0 Å². The quantitative estimate of drug-likeness (QED) is 0.638. The van der Waals surface area contributed by atoms with Crippen molar-refractivity contribution in [1.29, 1.82) is 0 Å². The first-order valence-electron chi connectivity index (χ1n) is 5.19. The van der Waals surface area contributed by atoms with E-state index >= 15 is 0 Å². The summed E-state index contributed by atoms with van der Waals surface area (Å²) in [6, 6.07) is 6.09. The summed E-state index contributed by atoms with van der Waals surface area (Å²) in [5.41, 5.74) is 2.21. The Morgan fingerprint density at radius 2 is 2.12 bits per heavy atom. The number of hydrogen-bond donors (Lipinski definition) is 0. The Morgan fingerprint density at radius 3 is 2.94 bits per heavy atom. The SMILES string of the molecule is CCn1c2ccncc2c2ccc(Br)nc21. The molecule has 0 saturated heterocycles. The third-order valence-electron chi connectivity index (χ3n) is 2.79. The van der Waals surface area contributed by atoms with E-state index < -0.39 is 0 Å². The molecule has 80 valence electrons. The molecule has 0 aliphatic carbocycles. The summed E-state index contributed by atoms with van der Waals surface area (Å²) in [5.74, 6) is 0. The number of pyridine rings is 2. The lowest BCUT2D eigenvalue weighted by Crippen LogP contribution is -1.94. The molecule has 0 amide bonds. The van der Waals surface area contributed by atoms with Crippen LogP contribution in [0.1, 0.15) is 6.92 Å². The number of halogens is 1. The molecule has 0 bridgehead atoms. The average Bonchev–Trinajstić information content (AvgIpc) is 2.61. The molecule has 3 heterocycles. The van der Waals surface area contributed by atoms with Gasteiger partial charge in [-0.25, -0.2) is 4.98 Å². The summed E-state index contributed by atoms with van der Waals surface area (Å²) in [5, 5.41) is 2.33. The number of fused-ring (bicyclic) bond motifs is 3. The molecular weight excluding hydrogens is 266 g/mol. The first-order valence-corrected chi connectivity index (χ1v) is 5.99. The van der Waals surface area contributed by atoms with Crippen LogP contribution in [0.15, 0.2) is 35.2 Å². The number of rotatable bonds is 1. The van der Waals surface area contributed by atoms with Gasteiger partial charge in [0.25, 0.3) is 0 Å². The van der Waals surface area contributed by atoms with Gasteiger partial charge in [-0.05, 0) is 41.1 Å². The number of aromatic nitrogens is 3. The standard InChI is InChI=1S/C12H10BrN3/c1-2-16-10-5-6-14-7-9(10)8-3-4-11(13)15-12(8)16/h3-7H,2H2,1H3. The molecule has 0 unspecified atom stereocenters. The Bertz CT molecular complexity index is 672. The van der Waals surface area contributed by atoms with Crippen molar-refractivity contribution in [3.63, 3.8) is 0 Å². The predicted octanol–water partition coefficient (Wildman–Crippen LogP) is 3.37. The molecule has 0 N–H and O–H groups in total. The maximum absolute atomic E-state index is 4.54. The van der Waals surface area contributed by atoms with Gasteiger partial charge in [-0.15, -0.1) is 0 Å². The zero-order chi connectivity index (χ0) is 11.1. The third-order valence-corrected chi connectivity index (χ3v) is 3.23. The van der Waals surface area contributed by atoms with Crippen LogP contribution in [0.5, 0.6) is 0 Å². The van der Waals surface area contributed by atoms with Crippen LogP contribution in [0.3, 0.4) is 0 Å². The summed E-state index contributed by atoms with van der Waals surface area (Å²) in [4.78, 5) is 8.72. The van der Waals surface area contributed by atoms with E-state index in [0.717, 1.165) is 22.2 Å². The smallest absolute Gasteiger partial charge is 0.142 e. The van der Waals surface area contributed by atoms with Gasteiger partial charge in [0.2, 0.25) is 0 Å². The second-order valence-corrected chi connectivity index (χ2v) is 4.45. The minimum atomic E-state index is 0.866. The number of aryl methyl sites for hydroxylation is 1. The maximum Gasteiger partial charge on any atom is 0.142 e. The Kier molecular flexibility index (Phi) is 2.17. The summed E-state index contributed by atoms with van der Waals surface area (Å²) in [7, 11) is 0. The molecule has 16 heavy (non-hydrogen) atoms. The van der Waals surface area contributed by atoms with Crippen molar-refractivity contribution in [2.45, 2.75) is 13.5 Å². The highest BCUT2D eigenvalue weighted by atomic mass is 79.9. The van der Waals surface area contributed by atoms with Gasteiger partial charge in [0.15, 0.2) is 0 Å². The van der Waals surface area contributed by atoms with Gasteiger partial charge >= 0.3 is 0 Å². The average molecular weight is 276 g/mol. The van der Waals surface area contributed by atoms with Crippen LogP contribution in [0.25, 0.3) is 21.9 Å². The zero-order valence-electron chi connectivity index (χ0n) is 8.81. The van der Waals surface area contributed by atoms with Crippen LogP contribution in [-0.2, 0) is 6.54 Å². The van der Waals surface area contributed by atoms with E-state index in [2.05, 4.69) is 43.5 Å². The molecule has 3 aromatic rings. The molecule has 0 aromatic carbocycles. The van der Waals surface area contributed by atoms with Gasteiger partial charge in [-0.2, -0.15) is 0 Å². The minimum Gasteiger partial charge on any atom is -0.325 e. The van der Waals surface area contributed by atoms with E-state index in [1.54, 1.807) is 0 Å². The van der Waals surface area contributed by atoms with E-state index in [1.807, 2.05) is 24.5 Å². The van der Waals surface area contributed by atoms with Crippen LogP contribution in [0.2, 0.25) is 0 Å². The van der Waals surface area contributed by atoms with Crippen molar-refractivity contribution < 1.29 is 0 Å². The first kappa shape index (κ1) is 9.78. The highest BCUT2D eigenvalue weighted by Gasteiger charge is 2.10. The fourth-order valence-corrected chi connectivity index (χ4v) is 2.41. The van der Waals surface area contributed by atoms with Crippen LogP contribution >= 0.6 is 15.9 Å². The molecule has 0 saturated carbocycles. The lowest BCUT2D eigenvalue weighted by Gasteiger charge is -2.01. The van der Waals surface area contributed by atoms with Crippen molar-refractivity contribution in [1.82, 2.24) is 14.5 Å². The molecule has 0 radical (unpaired) electrons. The van der Waals surface area contributed by atoms with Crippen LogP contribution in [0.4, 0.5) is 0 Å². The zero-order valence-corrected chi connectivity index (χ0v) is 10.4. The molecule has 4 heteroatoms. The lowest BCUT2D eigenvalue weighted by atomic mass is 10.2. The van der Waals surface area contributed by atoms with Gasteiger partial charge in [0.1, 0.15) is 10.3 Å². The van der Waals surface area contributed by atoms with Crippen LogP contribution in [-0.4, -0.2) is 14.5 Å². The second-order valence-electron chi connectivity index (χ2n) is 3.64. The van der Waals surface area contributed by atoms with E-state index in [-0.39, 0.29) is 0 Å². The molecule has 0 spiro atoms. The maximum atomic E-state index is 4.54. The Labute approximate surface area is 101 Å². The largest absolute Gasteiger partial charge is 0.325 e. The first-order chi connectivity index (χ1) is 7.81. The molecule has 0 atom stereocenters. The van der Waals surface area contributed by atoms with Crippen molar-refractivity contribution in [3.8, 4) is 0 Å². The van der Waals surface area contributed by atoms with Gasteiger partial charge < -0.3 is 4.57 Å². The summed E-state index contributed by atoms with van der Waals surface area (Å²) < 4.78 is 3.07. The van der Waals surface area contributed by atoms with Crippen LogP contribution in [0, 0.1) is 0 Å².